The maximum atomic E-state index is 12.7. The van der Waals surface area contributed by atoms with E-state index >= 15 is 0 Å². The van der Waals surface area contributed by atoms with Gasteiger partial charge >= 0.3 is 0 Å². The van der Waals surface area contributed by atoms with Gasteiger partial charge in [-0.05, 0) is 49.4 Å². The van der Waals surface area contributed by atoms with Crippen LogP contribution in [0.15, 0.2) is 59.0 Å². The molecule has 2 heterocycles. The standard InChI is InChI=1S/C22H23N3O2/c1-16-7-5-6-10-19(16)22(26)25-13-11-17(12-14-25)15-20-23-24-21(27-20)18-8-3-2-4-9-18/h2-10,17H,11-15H2,1H3. The Balaban J connectivity index is 1.34. The van der Waals surface area contributed by atoms with Crippen LogP contribution >= 0.6 is 0 Å². The Morgan fingerprint density at radius 1 is 1.04 bits per heavy atom. The summed E-state index contributed by atoms with van der Waals surface area (Å²) in [4.78, 5) is 14.7. The smallest absolute Gasteiger partial charge is 0.254 e. The number of hydrogen-bond acceptors (Lipinski definition) is 4. The van der Waals surface area contributed by atoms with Gasteiger partial charge in [0.25, 0.3) is 5.91 Å². The van der Waals surface area contributed by atoms with E-state index in [0.29, 0.717) is 17.7 Å². The van der Waals surface area contributed by atoms with Crippen molar-refractivity contribution in [2.75, 3.05) is 13.1 Å². The van der Waals surface area contributed by atoms with E-state index in [0.717, 1.165) is 49.0 Å². The van der Waals surface area contributed by atoms with Crippen LogP contribution in [0, 0.1) is 12.8 Å². The molecule has 1 aliphatic rings. The van der Waals surface area contributed by atoms with E-state index in [9.17, 15) is 4.79 Å². The van der Waals surface area contributed by atoms with Crippen LogP contribution < -0.4 is 0 Å². The molecule has 1 fully saturated rings. The van der Waals surface area contributed by atoms with Crippen LogP contribution in [0.2, 0.25) is 0 Å². The number of carbonyl (C=O) groups excluding carboxylic acids is 1. The number of likely N-dealkylation sites (tertiary alicyclic amines) is 1. The van der Waals surface area contributed by atoms with Crippen molar-refractivity contribution in [3.8, 4) is 11.5 Å². The van der Waals surface area contributed by atoms with Crippen molar-refractivity contribution < 1.29 is 9.21 Å². The normalized spacial score (nSPS) is 15.1. The summed E-state index contributed by atoms with van der Waals surface area (Å²) in [5.74, 6) is 1.85. The average molecular weight is 361 g/mol. The Morgan fingerprint density at radius 3 is 2.48 bits per heavy atom. The lowest BCUT2D eigenvalue weighted by Crippen LogP contribution is -2.39. The van der Waals surface area contributed by atoms with Gasteiger partial charge in [-0.1, -0.05) is 36.4 Å². The summed E-state index contributed by atoms with van der Waals surface area (Å²) in [5, 5.41) is 8.37. The molecule has 1 aliphatic heterocycles. The number of rotatable bonds is 4. The molecule has 2 aromatic carbocycles. The predicted molar refractivity (Wildman–Crippen MR) is 103 cm³/mol. The van der Waals surface area contributed by atoms with Gasteiger partial charge in [0, 0.05) is 30.6 Å². The maximum absolute atomic E-state index is 12.7. The second kappa shape index (κ2) is 7.74. The molecule has 0 aliphatic carbocycles. The molecule has 0 N–H and O–H groups in total. The Kier molecular flexibility index (Phi) is 5.01. The molecular formula is C22H23N3O2. The van der Waals surface area contributed by atoms with Gasteiger partial charge in [0.1, 0.15) is 0 Å². The molecule has 0 unspecified atom stereocenters. The largest absolute Gasteiger partial charge is 0.421 e. The third-order valence-corrected chi connectivity index (χ3v) is 5.23. The van der Waals surface area contributed by atoms with E-state index in [1.165, 1.54) is 0 Å². The van der Waals surface area contributed by atoms with E-state index in [-0.39, 0.29) is 5.91 Å². The zero-order valence-corrected chi connectivity index (χ0v) is 15.5. The molecule has 0 radical (unpaired) electrons. The van der Waals surface area contributed by atoms with Gasteiger partial charge in [-0.2, -0.15) is 0 Å². The van der Waals surface area contributed by atoms with Crippen LogP contribution in [0.4, 0.5) is 0 Å². The first-order chi connectivity index (χ1) is 13.2. The van der Waals surface area contributed by atoms with Crippen molar-refractivity contribution in [1.82, 2.24) is 15.1 Å². The number of amides is 1. The average Bonchev–Trinajstić information content (AvgIpc) is 3.18. The van der Waals surface area contributed by atoms with E-state index in [4.69, 9.17) is 4.42 Å². The number of carbonyl (C=O) groups is 1. The first-order valence-electron chi connectivity index (χ1n) is 9.43. The van der Waals surface area contributed by atoms with Crippen molar-refractivity contribution >= 4 is 5.91 Å². The number of benzene rings is 2. The number of aromatic nitrogens is 2. The van der Waals surface area contributed by atoms with Gasteiger partial charge in [0.2, 0.25) is 11.8 Å². The van der Waals surface area contributed by atoms with Crippen molar-refractivity contribution in [1.29, 1.82) is 0 Å². The minimum absolute atomic E-state index is 0.135. The monoisotopic (exact) mass is 361 g/mol. The number of hydrogen-bond donors (Lipinski definition) is 0. The molecule has 5 nitrogen and oxygen atoms in total. The van der Waals surface area contributed by atoms with Crippen molar-refractivity contribution in [2.24, 2.45) is 5.92 Å². The predicted octanol–water partition coefficient (Wildman–Crippen LogP) is 4.14. The van der Waals surface area contributed by atoms with Gasteiger partial charge in [-0.15, -0.1) is 10.2 Å². The second-order valence-electron chi connectivity index (χ2n) is 7.12. The highest BCUT2D eigenvalue weighted by atomic mass is 16.4. The molecule has 4 rings (SSSR count). The third-order valence-electron chi connectivity index (χ3n) is 5.23. The van der Waals surface area contributed by atoms with Gasteiger partial charge in [-0.25, -0.2) is 0 Å². The Hall–Kier alpha value is -2.95. The molecule has 1 saturated heterocycles. The van der Waals surface area contributed by atoms with Crippen LogP contribution in [-0.4, -0.2) is 34.1 Å². The first kappa shape index (κ1) is 17.5. The van der Waals surface area contributed by atoms with Crippen LogP contribution in [0.3, 0.4) is 0 Å². The Labute approximate surface area is 159 Å². The fourth-order valence-corrected chi connectivity index (χ4v) is 3.60. The number of piperidine rings is 1. The van der Waals surface area contributed by atoms with Crippen LogP contribution in [0.5, 0.6) is 0 Å². The Bertz CT molecular complexity index is 912. The molecule has 1 aromatic heterocycles. The maximum Gasteiger partial charge on any atom is 0.254 e. The highest BCUT2D eigenvalue weighted by Gasteiger charge is 2.25. The summed E-state index contributed by atoms with van der Waals surface area (Å²) in [7, 11) is 0. The molecule has 1 amide bonds. The number of aryl methyl sites for hydroxylation is 1. The zero-order chi connectivity index (χ0) is 18.6. The summed E-state index contributed by atoms with van der Waals surface area (Å²) in [6, 6.07) is 17.6. The van der Waals surface area contributed by atoms with Gasteiger partial charge in [0.15, 0.2) is 0 Å². The molecule has 3 aromatic rings. The Morgan fingerprint density at radius 2 is 1.74 bits per heavy atom. The van der Waals surface area contributed by atoms with Crippen LogP contribution in [0.1, 0.15) is 34.7 Å². The quantitative estimate of drug-likeness (QED) is 0.701. The SMILES string of the molecule is Cc1ccccc1C(=O)N1CCC(Cc2nnc(-c3ccccc3)o2)CC1. The van der Waals surface area contributed by atoms with Crippen molar-refractivity contribution in [3.63, 3.8) is 0 Å². The fourth-order valence-electron chi connectivity index (χ4n) is 3.60. The molecule has 0 atom stereocenters. The minimum Gasteiger partial charge on any atom is -0.421 e. The summed E-state index contributed by atoms with van der Waals surface area (Å²) in [6.07, 6.45) is 2.69. The van der Waals surface area contributed by atoms with E-state index in [1.54, 1.807) is 0 Å². The molecule has 5 heteroatoms. The lowest BCUT2D eigenvalue weighted by atomic mass is 9.93. The number of nitrogens with zero attached hydrogens (tertiary/aromatic N) is 3. The lowest BCUT2D eigenvalue weighted by molar-refractivity contribution is 0.0687. The minimum atomic E-state index is 0.135. The van der Waals surface area contributed by atoms with Crippen LogP contribution in [0.25, 0.3) is 11.5 Å². The summed E-state index contributed by atoms with van der Waals surface area (Å²) in [6.45, 7) is 3.54. The van der Waals surface area contributed by atoms with Gasteiger partial charge in [0.05, 0.1) is 0 Å². The van der Waals surface area contributed by atoms with E-state index < -0.39 is 0 Å². The summed E-state index contributed by atoms with van der Waals surface area (Å²) in [5.41, 5.74) is 2.78. The second-order valence-corrected chi connectivity index (χ2v) is 7.12. The van der Waals surface area contributed by atoms with E-state index in [1.807, 2.05) is 66.4 Å². The first-order valence-corrected chi connectivity index (χ1v) is 9.43. The zero-order valence-electron chi connectivity index (χ0n) is 15.5. The van der Waals surface area contributed by atoms with Crippen molar-refractivity contribution in [3.05, 3.63) is 71.6 Å². The van der Waals surface area contributed by atoms with Gasteiger partial charge in [-0.3, -0.25) is 4.79 Å². The highest BCUT2D eigenvalue weighted by molar-refractivity contribution is 5.95. The topological polar surface area (TPSA) is 59.2 Å². The molecule has 0 spiro atoms. The molecule has 138 valence electrons. The van der Waals surface area contributed by atoms with Crippen molar-refractivity contribution in [2.45, 2.75) is 26.2 Å². The molecule has 0 saturated carbocycles. The lowest BCUT2D eigenvalue weighted by Gasteiger charge is -2.31. The fraction of sp³-hybridized carbons (Fsp3) is 0.318. The summed E-state index contributed by atoms with van der Waals surface area (Å²) < 4.78 is 5.83. The van der Waals surface area contributed by atoms with Gasteiger partial charge < -0.3 is 9.32 Å². The highest BCUT2D eigenvalue weighted by Crippen LogP contribution is 2.25. The molecular weight excluding hydrogens is 338 g/mol. The van der Waals surface area contributed by atoms with Crippen LogP contribution in [-0.2, 0) is 6.42 Å². The third kappa shape index (κ3) is 3.92. The molecule has 27 heavy (non-hydrogen) atoms. The van der Waals surface area contributed by atoms with E-state index in [2.05, 4.69) is 10.2 Å². The summed E-state index contributed by atoms with van der Waals surface area (Å²) >= 11 is 0. The molecule has 0 bridgehead atoms.